The first kappa shape index (κ1) is 13.1. The van der Waals surface area contributed by atoms with Gasteiger partial charge in [-0.3, -0.25) is 0 Å². The Morgan fingerprint density at radius 2 is 2.06 bits per heavy atom. The van der Waals surface area contributed by atoms with Crippen LogP contribution in [-0.2, 0) is 5.75 Å². The molecule has 2 nitrogen and oxygen atoms in total. The van der Waals surface area contributed by atoms with E-state index >= 15 is 0 Å². The molecule has 0 fully saturated rings. The third kappa shape index (κ3) is 3.34. The minimum absolute atomic E-state index is 0.737. The van der Waals surface area contributed by atoms with Crippen LogP contribution in [0.3, 0.4) is 0 Å². The zero-order chi connectivity index (χ0) is 13.0. The highest BCUT2D eigenvalue weighted by Gasteiger charge is 2.03. The molecule has 0 spiro atoms. The molecule has 0 atom stereocenters. The van der Waals surface area contributed by atoms with Gasteiger partial charge in [0.05, 0.1) is 7.11 Å². The number of anilines is 1. The van der Waals surface area contributed by atoms with Crippen LogP contribution < -0.4 is 10.5 Å². The van der Waals surface area contributed by atoms with Gasteiger partial charge in [0.1, 0.15) is 5.75 Å². The molecular formula is C14H14ClNOS. The molecule has 18 heavy (non-hydrogen) atoms. The van der Waals surface area contributed by atoms with E-state index < -0.39 is 0 Å². The largest absolute Gasteiger partial charge is 0.497 e. The van der Waals surface area contributed by atoms with Crippen LogP contribution >= 0.6 is 23.4 Å². The maximum atomic E-state index is 6.13. The second-order valence-electron chi connectivity index (χ2n) is 3.82. The Morgan fingerprint density at radius 3 is 2.83 bits per heavy atom. The van der Waals surface area contributed by atoms with Crippen molar-refractivity contribution < 1.29 is 4.74 Å². The lowest BCUT2D eigenvalue weighted by Gasteiger charge is -2.07. The maximum Gasteiger partial charge on any atom is 0.119 e. The predicted octanol–water partition coefficient (Wildman–Crippen LogP) is 4.22. The van der Waals surface area contributed by atoms with Gasteiger partial charge >= 0.3 is 0 Å². The van der Waals surface area contributed by atoms with Crippen molar-refractivity contribution in [1.29, 1.82) is 0 Å². The molecule has 2 aromatic rings. The third-order valence-corrected chi connectivity index (χ3v) is 3.92. The molecule has 2 rings (SSSR count). The summed E-state index contributed by atoms with van der Waals surface area (Å²) in [4.78, 5) is 1.15. The van der Waals surface area contributed by atoms with Gasteiger partial charge < -0.3 is 10.5 Å². The van der Waals surface area contributed by atoms with Crippen LogP contribution in [0.2, 0.25) is 5.02 Å². The van der Waals surface area contributed by atoms with Crippen molar-refractivity contribution in [3.05, 3.63) is 53.1 Å². The third-order valence-electron chi connectivity index (χ3n) is 2.51. The molecule has 0 radical (unpaired) electrons. The van der Waals surface area contributed by atoms with Crippen LogP contribution in [0.1, 0.15) is 5.56 Å². The minimum atomic E-state index is 0.737. The molecule has 0 aliphatic heterocycles. The zero-order valence-electron chi connectivity index (χ0n) is 10.0. The highest BCUT2D eigenvalue weighted by atomic mass is 35.5. The van der Waals surface area contributed by atoms with E-state index in [9.17, 15) is 0 Å². The van der Waals surface area contributed by atoms with Gasteiger partial charge in [-0.1, -0.05) is 17.7 Å². The van der Waals surface area contributed by atoms with Crippen molar-refractivity contribution >= 4 is 29.1 Å². The molecular weight excluding hydrogens is 266 g/mol. The first-order valence-corrected chi connectivity index (χ1v) is 6.86. The molecule has 0 amide bonds. The van der Waals surface area contributed by atoms with Crippen molar-refractivity contribution in [3.63, 3.8) is 0 Å². The normalized spacial score (nSPS) is 10.3. The fourth-order valence-corrected chi connectivity index (χ4v) is 2.76. The number of halogens is 1. The van der Waals surface area contributed by atoms with Gasteiger partial charge in [-0.25, -0.2) is 0 Å². The van der Waals surface area contributed by atoms with Crippen LogP contribution in [0.15, 0.2) is 47.4 Å². The lowest BCUT2D eigenvalue weighted by atomic mass is 10.2. The van der Waals surface area contributed by atoms with E-state index in [2.05, 4.69) is 0 Å². The molecule has 0 bridgehead atoms. The van der Waals surface area contributed by atoms with Crippen LogP contribution in [0.4, 0.5) is 5.69 Å². The molecule has 0 aliphatic rings. The number of rotatable bonds is 4. The lowest BCUT2D eigenvalue weighted by molar-refractivity contribution is 0.413. The summed E-state index contributed by atoms with van der Waals surface area (Å²) in [5.41, 5.74) is 7.54. The van der Waals surface area contributed by atoms with Gasteiger partial charge in [-0.15, -0.1) is 11.8 Å². The van der Waals surface area contributed by atoms with E-state index in [4.69, 9.17) is 22.1 Å². The van der Waals surface area contributed by atoms with Crippen molar-refractivity contribution in [3.8, 4) is 5.75 Å². The van der Waals surface area contributed by atoms with Crippen LogP contribution in [0.25, 0.3) is 0 Å². The molecule has 2 aromatic carbocycles. The Bertz CT molecular complexity index is 545. The quantitative estimate of drug-likeness (QED) is 0.672. The Labute approximate surface area is 116 Å². The van der Waals surface area contributed by atoms with E-state index in [1.54, 1.807) is 18.9 Å². The Balaban J connectivity index is 2.08. The summed E-state index contributed by atoms with van der Waals surface area (Å²) < 4.78 is 5.19. The van der Waals surface area contributed by atoms with E-state index in [1.165, 1.54) is 0 Å². The topological polar surface area (TPSA) is 35.2 Å². The monoisotopic (exact) mass is 279 g/mol. The average Bonchev–Trinajstić information content (AvgIpc) is 2.40. The highest BCUT2D eigenvalue weighted by molar-refractivity contribution is 7.98. The zero-order valence-corrected chi connectivity index (χ0v) is 11.6. The second-order valence-corrected chi connectivity index (χ2v) is 5.27. The summed E-state index contributed by atoms with van der Waals surface area (Å²) >= 11 is 7.83. The summed E-state index contributed by atoms with van der Waals surface area (Å²) in [7, 11) is 1.67. The SMILES string of the molecule is COc1cccc(SCc2cc(N)ccc2Cl)c1. The van der Waals surface area contributed by atoms with E-state index in [0.717, 1.165) is 32.7 Å². The number of hydrogen-bond acceptors (Lipinski definition) is 3. The number of methoxy groups -OCH3 is 1. The van der Waals surface area contributed by atoms with E-state index in [0.29, 0.717) is 0 Å². The Kier molecular flexibility index (Phi) is 4.39. The Hall–Kier alpha value is -1.32. The number of nitrogens with two attached hydrogens (primary N) is 1. The van der Waals surface area contributed by atoms with Crippen LogP contribution in [0, 0.1) is 0 Å². The van der Waals surface area contributed by atoms with Gasteiger partial charge in [-0.05, 0) is 42.0 Å². The minimum Gasteiger partial charge on any atom is -0.497 e. The molecule has 4 heteroatoms. The number of ether oxygens (including phenoxy) is 1. The standard InChI is InChI=1S/C14H14ClNOS/c1-17-12-3-2-4-13(8-12)18-9-10-7-11(16)5-6-14(10)15/h2-8H,9,16H2,1H3. The summed E-state index contributed by atoms with van der Waals surface area (Å²) in [6.07, 6.45) is 0. The van der Waals surface area contributed by atoms with E-state index in [1.807, 2.05) is 42.5 Å². The summed E-state index contributed by atoms with van der Waals surface area (Å²) in [6.45, 7) is 0. The fraction of sp³-hybridized carbons (Fsp3) is 0.143. The molecule has 0 heterocycles. The van der Waals surface area contributed by atoms with Crippen molar-refractivity contribution in [2.75, 3.05) is 12.8 Å². The van der Waals surface area contributed by atoms with E-state index in [-0.39, 0.29) is 0 Å². The molecule has 0 saturated carbocycles. The average molecular weight is 280 g/mol. The summed E-state index contributed by atoms with van der Waals surface area (Å²) in [6, 6.07) is 13.5. The van der Waals surface area contributed by atoms with Gasteiger partial charge in [-0.2, -0.15) is 0 Å². The Morgan fingerprint density at radius 1 is 1.22 bits per heavy atom. The fourth-order valence-electron chi connectivity index (χ4n) is 1.56. The number of hydrogen-bond donors (Lipinski definition) is 1. The summed E-state index contributed by atoms with van der Waals surface area (Å²) in [5.74, 6) is 1.65. The molecule has 0 aliphatic carbocycles. The van der Waals surface area contributed by atoms with Crippen molar-refractivity contribution in [1.82, 2.24) is 0 Å². The first-order chi connectivity index (χ1) is 8.69. The molecule has 94 valence electrons. The summed E-state index contributed by atoms with van der Waals surface area (Å²) in [5, 5.41) is 0.750. The molecule has 2 N–H and O–H groups in total. The predicted molar refractivity (Wildman–Crippen MR) is 78.4 cm³/mol. The second kappa shape index (κ2) is 6.03. The highest BCUT2D eigenvalue weighted by Crippen LogP contribution is 2.29. The maximum absolute atomic E-state index is 6.13. The lowest BCUT2D eigenvalue weighted by Crippen LogP contribution is -1.89. The van der Waals surface area contributed by atoms with Crippen LogP contribution in [0.5, 0.6) is 5.75 Å². The first-order valence-electron chi connectivity index (χ1n) is 5.50. The number of benzene rings is 2. The number of thioether (sulfide) groups is 1. The number of nitrogen functional groups attached to an aromatic ring is 1. The van der Waals surface area contributed by atoms with Crippen LogP contribution in [-0.4, -0.2) is 7.11 Å². The van der Waals surface area contributed by atoms with Crippen molar-refractivity contribution in [2.45, 2.75) is 10.6 Å². The molecule has 0 saturated heterocycles. The molecule has 0 unspecified atom stereocenters. The smallest absolute Gasteiger partial charge is 0.119 e. The van der Waals surface area contributed by atoms with Gasteiger partial charge in [0, 0.05) is 21.4 Å². The van der Waals surface area contributed by atoms with Crippen molar-refractivity contribution in [2.24, 2.45) is 0 Å². The van der Waals surface area contributed by atoms with Gasteiger partial charge in [0.15, 0.2) is 0 Å². The van der Waals surface area contributed by atoms with Gasteiger partial charge in [0.2, 0.25) is 0 Å². The molecule has 0 aromatic heterocycles. The van der Waals surface area contributed by atoms with Gasteiger partial charge in [0.25, 0.3) is 0 Å².